The van der Waals surface area contributed by atoms with E-state index in [0.29, 0.717) is 5.56 Å². The lowest BCUT2D eigenvalue weighted by Gasteiger charge is -2.63. The van der Waals surface area contributed by atoms with Gasteiger partial charge in [-0.1, -0.05) is 29.3 Å². The van der Waals surface area contributed by atoms with Gasteiger partial charge in [-0.05, 0) is 23.8 Å². The number of pyridine rings is 1. The number of anilines is 1. The second-order valence-electron chi connectivity index (χ2n) is 9.28. The smallest absolute Gasteiger partial charge is 0.294 e. The second-order valence-corrected chi connectivity index (χ2v) is 10.1. The Labute approximate surface area is 208 Å². The van der Waals surface area contributed by atoms with Crippen LogP contribution in [0.2, 0.25) is 10.0 Å². The first-order chi connectivity index (χ1) is 16.5. The van der Waals surface area contributed by atoms with E-state index in [2.05, 4.69) is 4.98 Å². The summed E-state index contributed by atoms with van der Waals surface area (Å²) in [4.78, 5) is 35.1. The van der Waals surface area contributed by atoms with Crippen LogP contribution in [0.25, 0.3) is 0 Å². The molecule has 3 aliphatic rings. The van der Waals surface area contributed by atoms with Crippen LogP contribution in [-0.4, -0.2) is 58.4 Å². The lowest BCUT2D eigenvalue weighted by molar-refractivity contribution is -0.229. The first kappa shape index (κ1) is 23.9. The zero-order valence-corrected chi connectivity index (χ0v) is 19.6. The van der Waals surface area contributed by atoms with Crippen molar-refractivity contribution in [2.24, 2.45) is 5.41 Å². The molecular formula is C23H18Cl2F3N5O2. The molecule has 3 fully saturated rings. The number of halogens is 5. The lowest BCUT2D eigenvalue weighted by Crippen LogP contribution is -2.74. The van der Waals surface area contributed by atoms with Gasteiger partial charge in [0.15, 0.2) is 0 Å². The molecule has 2 unspecified atom stereocenters. The molecule has 2 aliphatic heterocycles. The van der Waals surface area contributed by atoms with E-state index in [-0.39, 0.29) is 48.2 Å². The van der Waals surface area contributed by atoms with E-state index < -0.39 is 41.2 Å². The van der Waals surface area contributed by atoms with Gasteiger partial charge in [0, 0.05) is 37.5 Å². The molecule has 1 saturated carbocycles. The summed E-state index contributed by atoms with van der Waals surface area (Å²) in [5.74, 6) is -5.13. The highest BCUT2D eigenvalue weighted by Gasteiger charge is 2.64. The van der Waals surface area contributed by atoms with E-state index in [9.17, 15) is 28.0 Å². The molecule has 3 amide bonds. The van der Waals surface area contributed by atoms with E-state index >= 15 is 0 Å². The fourth-order valence-corrected chi connectivity index (χ4v) is 5.84. The molecule has 182 valence electrons. The predicted octanol–water partition coefficient (Wildman–Crippen LogP) is 4.66. The Morgan fingerprint density at radius 3 is 2.46 bits per heavy atom. The molecule has 2 atom stereocenters. The normalized spacial score (nSPS) is 25.3. The van der Waals surface area contributed by atoms with E-state index in [1.807, 2.05) is 6.07 Å². The molecule has 7 nitrogen and oxygen atoms in total. The van der Waals surface area contributed by atoms with Crippen molar-refractivity contribution in [2.45, 2.75) is 30.8 Å². The Kier molecular flexibility index (Phi) is 5.70. The monoisotopic (exact) mass is 523 g/mol. The molecule has 1 aromatic carbocycles. The maximum absolute atomic E-state index is 13.9. The van der Waals surface area contributed by atoms with Crippen molar-refractivity contribution in [2.75, 3.05) is 24.5 Å². The van der Waals surface area contributed by atoms with Gasteiger partial charge in [0.05, 0.1) is 33.9 Å². The molecule has 1 aliphatic carbocycles. The summed E-state index contributed by atoms with van der Waals surface area (Å²) in [6, 6.07) is 6.37. The quantitative estimate of drug-likeness (QED) is 0.544. The van der Waals surface area contributed by atoms with Crippen LogP contribution in [-0.2, 0) is 4.79 Å². The van der Waals surface area contributed by atoms with Gasteiger partial charge in [-0.25, -0.2) is 22.9 Å². The fraction of sp³-hybridized carbons (Fsp3) is 0.391. The van der Waals surface area contributed by atoms with Gasteiger partial charge in [-0.2, -0.15) is 5.26 Å². The Bertz CT molecular complexity index is 1250. The third-order valence-electron chi connectivity index (χ3n) is 6.75. The fourth-order valence-electron chi connectivity index (χ4n) is 5.48. The number of rotatable bonds is 4. The number of aromatic nitrogens is 1. The van der Waals surface area contributed by atoms with Crippen molar-refractivity contribution in [3.63, 3.8) is 0 Å². The number of imide groups is 1. The minimum absolute atomic E-state index is 0.103. The maximum Gasteiger partial charge on any atom is 0.333 e. The highest BCUT2D eigenvalue weighted by atomic mass is 35.5. The number of benzene rings is 1. The zero-order chi connectivity index (χ0) is 25.1. The van der Waals surface area contributed by atoms with Crippen LogP contribution in [0.1, 0.15) is 24.3 Å². The summed E-state index contributed by atoms with van der Waals surface area (Å²) in [6.07, 6.45) is 1.15. The molecule has 35 heavy (non-hydrogen) atoms. The number of urea groups is 1. The molecule has 0 radical (unpaired) electrons. The minimum atomic E-state index is -2.73. The average molecular weight is 524 g/mol. The first-order valence-electron chi connectivity index (χ1n) is 10.7. The Balaban J connectivity index is 1.57. The molecule has 2 aromatic rings. The standard InChI is InChI=1S/C23H18Cl2F3N5O2/c24-14-6-15(8-30-7-14)33-20(34)18(13-1-2-17(26)16(25)5-13)19(32(4-3-29)21(33)35)31-11-22(12-31)9-23(27,28)10-22/h1-2,5-8,18-19H,4,9-12H2. The molecule has 5 rings (SSSR count). The van der Waals surface area contributed by atoms with Crippen molar-refractivity contribution in [3.8, 4) is 6.07 Å². The summed E-state index contributed by atoms with van der Waals surface area (Å²) in [5, 5.41) is 9.46. The van der Waals surface area contributed by atoms with Gasteiger partial charge < -0.3 is 0 Å². The van der Waals surface area contributed by atoms with Crippen LogP contribution in [0.4, 0.5) is 23.7 Å². The van der Waals surface area contributed by atoms with Crippen molar-refractivity contribution >= 4 is 40.8 Å². The van der Waals surface area contributed by atoms with Crippen molar-refractivity contribution in [3.05, 3.63) is 58.1 Å². The topological polar surface area (TPSA) is 80.5 Å². The molecule has 2 saturated heterocycles. The van der Waals surface area contributed by atoms with Crippen molar-refractivity contribution in [1.29, 1.82) is 5.26 Å². The molecule has 0 bridgehead atoms. The van der Waals surface area contributed by atoms with Crippen LogP contribution in [0.5, 0.6) is 0 Å². The predicted molar refractivity (Wildman–Crippen MR) is 121 cm³/mol. The SMILES string of the molecule is N#CCN1C(=O)N(c2cncc(Cl)c2)C(=O)C(c2ccc(F)c(Cl)c2)C1N1CC2(C1)CC(F)(F)C2. The summed E-state index contributed by atoms with van der Waals surface area (Å²) in [7, 11) is 0. The number of carbonyl (C=O) groups excluding carboxylic acids is 2. The van der Waals surface area contributed by atoms with Gasteiger partial charge in [0.1, 0.15) is 18.5 Å². The van der Waals surface area contributed by atoms with Gasteiger partial charge in [-0.3, -0.25) is 19.6 Å². The summed E-state index contributed by atoms with van der Waals surface area (Å²) >= 11 is 12.0. The Hall–Kier alpha value is -2.87. The van der Waals surface area contributed by atoms with E-state index in [4.69, 9.17) is 23.2 Å². The minimum Gasteiger partial charge on any atom is -0.294 e. The molecule has 0 N–H and O–H groups in total. The summed E-state index contributed by atoms with van der Waals surface area (Å²) < 4.78 is 41.1. The van der Waals surface area contributed by atoms with E-state index in [1.165, 1.54) is 35.5 Å². The largest absolute Gasteiger partial charge is 0.333 e. The number of likely N-dealkylation sites (tertiary alicyclic amines) is 1. The highest BCUT2D eigenvalue weighted by Crippen LogP contribution is 2.58. The molecule has 1 aromatic heterocycles. The van der Waals surface area contributed by atoms with Crippen LogP contribution < -0.4 is 4.90 Å². The summed E-state index contributed by atoms with van der Waals surface area (Å²) in [6.45, 7) is 0.103. The lowest BCUT2D eigenvalue weighted by atomic mass is 9.60. The Morgan fingerprint density at radius 1 is 1.14 bits per heavy atom. The number of nitriles is 1. The molecule has 1 spiro atoms. The van der Waals surface area contributed by atoms with Gasteiger partial charge in [0.25, 0.3) is 0 Å². The summed E-state index contributed by atoms with van der Waals surface area (Å²) in [5.41, 5.74) is -0.167. The van der Waals surface area contributed by atoms with Gasteiger partial charge in [0.2, 0.25) is 11.8 Å². The van der Waals surface area contributed by atoms with Gasteiger partial charge >= 0.3 is 6.03 Å². The van der Waals surface area contributed by atoms with Crippen molar-refractivity contribution in [1.82, 2.24) is 14.8 Å². The number of nitrogens with zero attached hydrogens (tertiary/aromatic N) is 5. The third kappa shape index (κ3) is 4.01. The number of amides is 3. The second kappa shape index (κ2) is 8.36. The molecule has 12 heteroatoms. The van der Waals surface area contributed by atoms with Crippen LogP contribution in [0.3, 0.4) is 0 Å². The Morgan fingerprint density at radius 2 is 1.86 bits per heavy atom. The number of hydrogen-bond acceptors (Lipinski definition) is 5. The molecular weight excluding hydrogens is 506 g/mol. The first-order valence-corrected chi connectivity index (χ1v) is 11.5. The van der Waals surface area contributed by atoms with Crippen molar-refractivity contribution < 1.29 is 22.8 Å². The van der Waals surface area contributed by atoms with Crippen LogP contribution in [0.15, 0.2) is 36.7 Å². The number of alkyl halides is 2. The molecule has 3 heterocycles. The van der Waals surface area contributed by atoms with Gasteiger partial charge in [-0.15, -0.1) is 0 Å². The zero-order valence-electron chi connectivity index (χ0n) is 18.1. The van der Waals surface area contributed by atoms with Crippen LogP contribution in [0, 0.1) is 22.6 Å². The average Bonchev–Trinajstić information content (AvgIpc) is 2.74. The highest BCUT2D eigenvalue weighted by molar-refractivity contribution is 6.31. The third-order valence-corrected chi connectivity index (χ3v) is 7.25. The van der Waals surface area contributed by atoms with E-state index in [0.717, 1.165) is 11.0 Å². The van der Waals surface area contributed by atoms with E-state index in [1.54, 1.807) is 4.90 Å². The number of hydrogen-bond donors (Lipinski definition) is 0. The maximum atomic E-state index is 13.9. The number of carbonyl (C=O) groups is 2. The van der Waals surface area contributed by atoms with Crippen LogP contribution >= 0.6 is 23.2 Å².